The van der Waals surface area contributed by atoms with E-state index in [0.29, 0.717) is 0 Å². The van der Waals surface area contributed by atoms with E-state index in [2.05, 4.69) is 105 Å². The molecule has 1 unspecified atom stereocenters. The fraction of sp³-hybridized carbons (Fsp3) is 0.114. The van der Waals surface area contributed by atoms with E-state index in [9.17, 15) is 0 Å². The van der Waals surface area contributed by atoms with Crippen LogP contribution < -0.4 is 0 Å². The van der Waals surface area contributed by atoms with Crippen molar-refractivity contribution in [3.63, 3.8) is 0 Å². The molecule has 0 saturated carbocycles. The summed E-state index contributed by atoms with van der Waals surface area (Å²) < 4.78 is 0. The van der Waals surface area contributed by atoms with Crippen LogP contribution in [0.15, 0.2) is 126 Å². The molecule has 4 aromatic carbocycles. The fourth-order valence-corrected chi connectivity index (χ4v) is 6.60. The number of allylic oxidation sites excluding steroid dienone is 4. The van der Waals surface area contributed by atoms with Crippen LogP contribution in [-0.2, 0) is 5.41 Å². The predicted molar refractivity (Wildman–Crippen MR) is 151 cm³/mol. The Balaban J connectivity index is 1.47. The Morgan fingerprint density at radius 1 is 0.722 bits per heavy atom. The van der Waals surface area contributed by atoms with Crippen molar-refractivity contribution in [3.8, 4) is 11.1 Å². The molecule has 0 aliphatic heterocycles. The van der Waals surface area contributed by atoms with Crippen LogP contribution in [-0.4, -0.2) is 5.71 Å². The summed E-state index contributed by atoms with van der Waals surface area (Å²) in [6, 6.07) is 35.2. The van der Waals surface area contributed by atoms with Crippen LogP contribution in [0.2, 0.25) is 0 Å². The van der Waals surface area contributed by atoms with Crippen LogP contribution in [0.3, 0.4) is 0 Å². The third kappa shape index (κ3) is 2.80. The van der Waals surface area contributed by atoms with Gasteiger partial charge in [0.15, 0.2) is 0 Å². The second-order valence-electron chi connectivity index (χ2n) is 9.94. The van der Waals surface area contributed by atoms with Crippen molar-refractivity contribution in [3.05, 3.63) is 155 Å². The monoisotopic (exact) mass is 461 g/mol. The topological polar surface area (TPSA) is 12.4 Å². The molecule has 0 N–H and O–H groups in total. The van der Waals surface area contributed by atoms with Crippen LogP contribution in [0.1, 0.15) is 53.1 Å². The van der Waals surface area contributed by atoms with Gasteiger partial charge in [0.05, 0.1) is 11.1 Å². The number of hydrogen-bond donors (Lipinski definition) is 0. The zero-order chi connectivity index (χ0) is 24.3. The summed E-state index contributed by atoms with van der Waals surface area (Å²) in [5, 5.41) is 0. The Labute approximate surface area is 212 Å². The number of fused-ring (bicyclic) bond motifs is 9. The Hall–Kier alpha value is -4.23. The lowest BCUT2D eigenvalue weighted by atomic mass is 9.68. The number of aliphatic imine (C=N–C) groups is 1. The predicted octanol–water partition coefficient (Wildman–Crippen LogP) is 8.60. The Kier molecular flexibility index (Phi) is 4.62. The minimum atomic E-state index is -0.241. The molecule has 1 nitrogen and oxygen atoms in total. The zero-order valence-electron chi connectivity index (χ0n) is 20.5. The van der Waals surface area contributed by atoms with Gasteiger partial charge in [-0.15, -0.1) is 0 Å². The summed E-state index contributed by atoms with van der Waals surface area (Å²) in [4.78, 5) is 4.93. The third-order valence-electron chi connectivity index (χ3n) is 8.12. The molecule has 3 aliphatic rings. The highest BCUT2D eigenvalue weighted by molar-refractivity contribution is 6.04. The largest absolute Gasteiger partial charge is 0.253 e. The van der Waals surface area contributed by atoms with Crippen molar-refractivity contribution >= 4 is 17.0 Å². The molecule has 0 aromatic heterocycles. The standard InChI is InChI=1S/C35H27N/c1-23(25-12-4-3-5-13-25)36-24(2)26-20-21-30-29-16-8-11-19-33(29)35(34(30)22-26)31-17-9-6-14-27(31)28-15-7-10-18-32(28)35/h3-9,11-17,19-22H,1,10,18H2,2H3. The van der Waals surface area contributed by atoms with Gasteiger partial charge in [-0.1, -0.05) is 110 Å². The second kappa shape index (κ2) is 7.90. The van der Waals surface area contributed by atoms with Gasteiger partial charge in [-0.25, -0.2) is 0 Å². The molecule has 1 atom stereocenters. The van der Waals surface area contributed by atoms with E-state index in [0.717, 1.165) is 35.4 Å². The lowest BCUT2D eigenvalue weighted by molar-refractivity contribution is 0.714. The maximum atomic E-state index is 4.93. The van der Waals surface area contributed by atoms with Gasteiger partial charge in [0.25, 0.3) is 0 Å². The molecule has 3 aliphatic carbocycles. The molecule has 0 bridgehead atoms. The molecule has 7 rings (SSSR count). The molecule has 1 spiro atoms. The number of nitrogens with zero attached hydrogens (tertiary/aromatic N) is 1. The average Bonchev–Trinajstić information content (AvgIpc) is 3.40. The summed E-state index contributed by atoms with van der Waals surface area (Å²) in [5.41, 5.74) is 15.0. The fourth-order valence-electron chi connectivity index (χ4n) is 6.60. The van der Waals surface area contributed by atoms with Crippen molar-refractivity contribution in [2.75, 3.05) is 0 Å². The van der Waals surface area contributed by atoms with Gasteiger partial charge in [-0.3, -0.25) is 4.99 Å². The van der Waals surface area contributed by atoms with Gasteiger partial charge in [0.2, 0.25) is 0 Å². The van der Waals surface area contributed by atoms with Gasteiger partial charge < -0.3 is 0 Å². The van der Waals surface area contributed by atoms with E-state index in [4.69, 9.17) is 4.99 Å². The van der Waals surface area contributed by atoms with Gasteiger partial charge in [0, 0.05) is 5.71 Å². The SMILES string of the molecule is C=C(N=C(C)c1ccc2c(c1)C1(C3=C(C=CCC3)c3ccccc31)c1ccccc1-2)c1ccccc1. The third-order valence-corrected chi connectivity index (χ3v) is 8.12. The normalized spacial score (nSPS) is 19.2. The maximum Gasteiger partial charge on any atom is 0.0688 e. The van der Waals surface area contributed by atoms with E-state index in [1.165, 1.54) is 44.5 Å². The van der Waals surface area contributed by atoms with E-state index in [1.807, 2.05) is 18.2 Å². The first-order chi connectivity index (χ1) is 17.7. The Bertz CT molecular complexity index is 1650. The lowest BCUT2D eigenvalue weighted by Crippen LogP contribution is -2.28. The van der Waals surface area contributed by atoms with Crippen LogP contribution in [0.4, 0.5) is 0 Å². The number of hydrogen-bond acceptors (Lipinski definition) is 1. The first kappa shape index (κ1) is 21.1. The number of rotatable bonds is 3. The highest BCUT2D eigenvalue weighted by atomic mass is 14.8. The van der Waals surface area contributed by atoms with Gasteiger partial charge >= 0.3 is 0 Å². The van der Waals surface area contributed by atoms with E-state index >= 15 is 0 Å². The smallest absolute Gasteiger partial charge is 0.0688 e. The molecule has 0 amide bonds. The average molecular weight is 462 g/mol. The van der Waals surface area contributed by atoms with Crippen molar-refractivity contribution in [2.45, 2.75) is 25.2 Å². The molecule has 4 aromatic rings. The van der Waals surface area contributed by atoms with Crippen molar-refractivity contribution in [1.29, 1.82) is 0 Å². The minimum Gasteiger partial charge on any atom is -0.253 e. The van der Waals surface area contributed by atoms with Crippen molar-refractivity contribution in [2.24, 2.45) is 4.99 Å². The van der Waals surface area contributed by atoms with Crippen molar-refractivity contribution in [1.82, 2.24) is 0 Å². The van der Waals surface area contributed by atoms with E-state index in [1.54, 1.807) is 0 Å². The first-order valence-corrected chi connectivity index (χ1v) is 12.7. The summed E-state index contributed by atoms with van der Waals surface area (Å²) in [6.07, 6.45) is 6.85. The summed E-state index contributed by atoms with van der Waals surface area (Å²) >= 11 is 0. The summed E-state index contributed by atoms with van der Waals surface area (Å²) in [6.45, 7) is 6.35. The summed E-state index contributed by atoms with van der Waals surface area (Å²) in [7, 11) is 0. The second-order valence-corrected chi connectivity index (χ2v) is 9.94. The molecule has 0 radical (unpaired) electrons. The molecule has 0 fully saturated rings. The zero-order valence-corrected chi connectivity index (χ0v) is 20.5. The van der Waals surface area contributed by atoms with Crippen molar-refractivity contribution < 1.29 is 0 Å². The highest BCUT2D eigenvalue weighted by Gasteiger charge is 2.52. The molecule has 0 saturated heterocycles. The number of benzene rings is 4. The van der Waals surface area contributed by atoms with Crippen LogP contribution in [0.25, 0.3) is 22.4 Å². The minimum absolute atomic E-state index is 0.241. The van der Waals surface area contributed by atoms with Gasteiger partial charge in [-0.05, 0) is 81.5 Å². The maximum absolute atomic E-state index is 4.93. The quantitative estimate of drug-likeness (QED) is 0.271. The summed E-state index contributed by atoms with van der Waals surface area (Å²) in [5.74, 6) is 0. The Morgan fingerprint density at radius 2 is 1.39 bits per heavy atom. The molecule has 172 valence electrons. The molecule has 0 heterocycles. The van der Waals surface area contributed by atoms with E-state index in [-0.39, 0.29) is 5.41 Å². The lowest BCUT2D eigenvalue weighted by Gasteiger charge is -2.33. The molecule has 36 heavy (non-hydrogen) atoms. The highest BCUT2D eigenvalue weighted by Crippen LogP contribution is 2.63. The van der Waals surface area contributed by atoms with Crippen LogP contribution in [0.5, 0.6) is 0 Å². The van der Waals surface area contributed by atoms with Gasteiger partial charge in [-0.2, -0.15) is 0 Å². The van der Waals surface area contributed by atoms with Gasteiger partial charge in [0.1, 0.15) is 0 Å². The van der Waals surface area contributed by atoms with Crippen LogP contribution in [0, 0.1) is 0 Å². The molecular weight excluding hydrogens is 434 g/mol. The first-order valence-electron chi connectivity index (χ1n) is 12.7. The van der Waals surface area contributed by atoms with E-state index < -0.39 is 0 Å². The Morgan fingerprint density at radius 3 is 2.19 bits per heavy atom. The molecular formula is C35H27N. The molecule has 1 heteroatoms. The van der Waals surface area contributed by atoms with Crippen LogP contribution >= 0.6 is 0 Å².